The van der Waals surface area contributed by atoms with Crippen LogP contribution in [0.25, 0.3) is 0 Å². The topological polar surface area (TPSA) is 91.3 Å². The molecule has 0 aliphatic rings. The molecule has 0 fully saturated rings. The molecule has 7 heteroatoms. The van der Waals surface area contributed by atoms with E-state index in [9.17, 15) is 9.90 Å². The molecule has 0 bridgehead atoms. The van der Waals surface area contributed by atoms with Crippen LogP contribution in [-0.4, -0.2) is 16.4 Å². The lowest BCUT2D eigenvalue weighted by molar-refractivity contribution is -0.782. The maximum absolute atomic E-state index is 12.2. The highest BCUT2D eigenvalue weighted by Crippen LogP contribution is 2.14. The normalized spacial score (nSPS) is 14.0. The highest BCUT2D eigenvalue weighted by molar-refractivity contribution is 5.98. The van der Waals surface area contributed by atoms with Crippen LogP contribution >= 0.6 is 0 Å². The van der Waals surface area contributed by atoms with Crippen LogP contribution in [0.1, 0.15) is 24.0 Å². The Morgan fingerprint density at radius 1 is 1.28 bits per heavy atom. The molecule has 3 N–H and O–H groups in total. The molecule has 0 aliphatic carbocycles. The molecule has 1 unspecified atom stereocenters. The first-order valence-electron chi connectivity index (χ1n) is 9.57. The van der Waals surface area contributed by atoms with Gasteiger partial charge < -0.3 is 10.4 Å². The summed E-state index contributed by atoms with van der Waals surface area (Å²) in [5.41, 5.74) is 0.763. The standard InChI is InChI=1S/C18H18N4O3/c1-13(11-14-5-3-2-4-6-14)22-12-17(25-21-22)20-18(24)19-15-7-9-16(23)10-8-15/h2-10,12-13,21H,11H2,1H3,(H,20,24)/p+1/i7D,8D,9D,10D. The van der Waals surface area contributed by atoms with Crippen molar-refractivity contribution >= 4 is 17.6 Å². The number of benzene rings is 2. The van der Waals surface area contributed by atoms with Gasteiger partial charge in [-0.1, -0.05) is 30.3 Å². The Balaban J connectivity index is 1.68. The number of amides is 2. The Hall–Kier alpha value is -3.35. The third-order valence-electron chi connectivity index (χ3n) is 3.40. The first kappa shape index (κ1) is 12.1. The molecular weight excluding hydrogens is 320 g/mol. The zero-order valence-corrected chi connectivity index (χ0v) is 13.4. The predicted molar refractivity (Wildman–Crippen MR) is 92.3 cm³/mol. The average molecular weight is 343 g/mol. The van der Waals surface area contributed by atoms with E-state index in [4.69, 9.17) is 10.0 Å². The Morgan fingerprint density at radius 2 is 2.00 bits per heavy atom. The van der Waals surface area contributed by atoms with Gasteiger partial charge in [0.2, 0.25) is 5.27 Å². The number of nitrogens with one attached hydrogen (secondary N) is 2. The minimum Gasteiger partial charge on any atom is -0.508 e. The first-order chi connectivity index (χ1) is 13.8. The second-order valence-corrected chi connectivity index (χ2v) is 5.39. The number of nitrogens with zero attached hydrogens (tertiary/aromatic N) is 2. The molecule has 0 spiro atoms. The van der Waals surface area contributed by atoms with Crippen LogP contribution in [0.15, 0.2) is 65.2 Å². The number of rotatable bonds is 5. The highest BCUT2D eigenvalue weighted by atomic mass is 16.5. The largest absolute Gasteiger partial charge is 0.508 e. The van der Waals surface area contributed by atoms with Crippen molar-refractivity contribution in [3.8, 4) is 5.75 Å². The fourth-order valence-electron chi connectivity index (χ4n) is 2.20. The smallest absolute Gasteiger partial charge is 0.326 e. The highest BCUT2D eigenvalue weighted by Gasteiger charge is 2.21. The molecule has 0 radical (unpaired) electrons. The van der Waals surface area contributed by atoms with Crippen molar-refractivity contribution in [2.45, 2.75) is 19.4 Å². The summed E-state index contributed by atoms with van der Waals surface area (Å²) in [5.74, 6) is -0.744. The summed E-state index contributed by atoms with van der Waals surface area (Å²) >= 11 is 0. The molecule has 2 aromatic carbocycles. The summed E-state index contributed by atoms with van der Waals surface area (Å²) < 4.78 is 37.4. The number of hydrogen-bond donors (Lipinski definition) is 3. The molecule has 1 heterocycles. The SMILES string of the molecule is [2H]c1c([2H])c(NC(=O)Nc2c[n+](C(C)Cc3ccccc3)no2)c([2H])c([2H])c1O. The van der Waals surface area contributed by atoms with E-state index in [1.54, 1.807) is 4.68 Å². The van der Waals surface area contributed by atoms with Crippen LogP contribution in [0, 0.1) is 0 Å². The molecule has 2 amide bonds. The van der Waals surface area contributed by atoms with Crippen LogP contribution in [0.5, 0.6) is 5.75 Å². The van der Waals surface area contributed by atoms with Gasteiger partial charge in [-0.3, -0.25) is 9.84 Å². The molecule has 0 saturated heterocycles. The Morgan fingerprint density at radius 3 is 2.72 bits per heavy atom. The third kappa shape index (κ3) is 4.57. The van der Waals surface area contributed by atoms with Gasteiger partial charge in [0.25, 0.3) is 6.20 Å². The van der Waals surface area contributed by atoms with Crippen LogP contribution in [0.4, 0.5) is 16.4 Å². The molecule has 1 aromatic heterocycles. The molecule has 3 aromatic rings. The van der Waals surface area contributed by atoms with E-state index in [-0.39, 0.29) is 17.6 Å². The molecule has 3 rings (SSSR count). The number of phenolic OH excluding ortho intramolecular Hbond substituents is 1. The lowest BCUT2D eigenvalue weighted by Crippen LogP contribution is -2.40. The molecular formula is C18H19N4O3+. The van der Waals surface area contributed by atoms with E-state index in [0.29, 0.717) is 6.42 Å². The summed E-state index contributed by atoms with van der Waals surface area (Å²) in [6.45, 7) is 1.94. The Labute approximate surface area is 150 Å². The summed E-state index contributed by atoms with van der Waals surface area (Å²) in [4.78, 5) is 12.2. The van der Waals surface area contributed by atoms with Crippen molar-refractivity contribution < 1.29 is 24.6 Å². The number of aromatic hydroxyl groups is 1. The Bertz CT molecular complexity index is 1010. The van der Waals surface area contributed by atoms with E-state index < -0.39 is 36.0 Å². The third-order valence-corrected chi connectivity index (χ3v) is 3.40. The zero-order valence-electron chi connectivity index (χ0n) is 17.4. The van der Waals surface area contributed by atoms with Gasteiger partial charge in [-0.15, -0.1) is 0 Å². The van der Waals surface area contributed by atoms with E-state index in [1.165, 1.54) is 6.20 Å². The maximum Gasteiger partial charge on any atom is 0.326 e. The second kappa shape index (κ2) is 7.48. The summed E-state index contributed by atoms with van der Waals surface area (Å²) in [6, 6.07) is 6.53. The van der Waals surface area contributed by atoms with Crippen molar-refractivity contribution in [1.29, 1.82) is 0 Å². The first-order valence-corrected chi connectivity index (χ1v) is 7.57. The summed E-state index contributed by atoms with van der Waals surface area (Å²) in [5, 5.41) is 18.1. The summed E-state index contributed by atoms with van der Waals surface area (Å²) in [7, 11) is 0. The fraction of sp³-hybridized carbons (Fsp3) is 0.167. The lowest BCUT2D eigenvalue weighted by Gasteiger charge is -2.04. The van der Waals surface area contributed by atoms with Crippen molar-refractivity contribution in [3.05, 3.63) is 66.3 Å². The fourth-order valence-corrected chi connectivity index (χ4v) is 2.20. The zero-order chi connectivity index (χ0) is 21.1. The van der Waals surface area contributed by atoms with Gasteiger partial charge in [-0.25, -0.2) is 4.79 Å². The van der Waals surface area contributed by atoms with Crippen LogP contribution < -0.4 is 15.3 Å². The van der Waals surface area contributed by atoms with Crippen molar-refractivity contribution in [3.63, 3.8) is 0 Å². The molecule has 1 atom stereocenters. The number of anilines is 2. The molecule has 25 heavy (non-hydrogen) atoms. The number of urea groups is 1. The minimum atomic E-state index is -0.837. The van der Waals surface area contributed by atoms with Crippen molar-refractivity contribution in [2.75, 3.05) is 10.6 Å². The van der Waals surface area contributed by atoms with Gasteiger partial charge in [-0.2, -0.15) is 0 Å². The second-order valence-electron chi connectivity index (χ2n) is 5.39. The number of hydrogen-bond acceptors (Lipinski definition) is 4. The van der Waals surface area contributed by atoms with Crippen LogP contribution in [0.3, 0.4) is 0 Å². The van der Waals surface area contributed by atoms with Crippen LogP contribution in [0.2, 0.25) is 0 Å². The van der Waals surface area contributed by atoms with E-state index in [0.717, 1.165) is 5.56 Å². The van der Waals surface area contributed by atoms with Gasteiger partial charge in [0.1, 0.15) is 5.75 Å². The van der Waals surface area contributed by atoms with E-state index in [2.05, 4.69) is 15.9 Å². The van der Waals surface area contributed by atoms with Crippen LogP contribution in [-0.2, 0) is 6.42 Å². The lowest BCUT2D eigenvalue weighted by atomic mass is 10.1. The molecule has 0 saturated carbocycles. The van der Waals surface area contributed by atoms with Gasteiger partial charge in [0.05, 0.1) is 5.48 Å². The van der Waals surface area contributed by atoms with Gasteiger partial charge in [0, 0.05) is 19.0 Å². The molecule has 7 nitrogen and oxygen atoms in total. The quantitative estimate of drug-likeness (QED) is 0.490. The summed E-state index contributed by atoms with van der Waals surface area (Å²) in [6.07, 6.45) is 2.21. The Kier molecular flexibility index (Phi) is 3.61. The number of carbonyl (C=O) groups excluding carboxylic acids is 1. The molecule has 0 aliphatic heterocycles. The average Bonchev–Trinajstić information content (AvgIpc) is 3.17. The monoisotopic (exact) mass is 343 g/mol. The van der Waals surface area contributed by atoms with Crippen molar-refractivity contribution in [1.82, 2.24) is 5.27 Å². The van der Waals surface area contributed by atoms with E-state index in [1.807, 2.05) is 37.3 Å². The number of aromatic nitrogens is 2. The minimum absolute atomic E-state index is 0.0340. The van der Waals surface area contributed by atoms with Gasteiger partial charge in [-0.05, 0) is 34.4 Å². The molecule has 128 valence electrons. The predicted octanol–water partition coefficient (Wildman–Crippen LogP) is 3.12. The number of carbonyl (C=O) groups is 1. The number of phenols is 1. The van der Waals surface area contributed by atoms with Gasteiger partial charge >= 0.3 is 11.9 Å². The van der Waals surface area contributed by atoms with Gasteiger partial charge in [0.15, 0.2) is 6.04 Å². The van der Waals surface area contributed by atoms with E-state index >= 15 is 0 Å². The maximum atomic E-state index is 12.2. The van der Waals surface area contributed by atoms with Crippen molar-refractivity contribution in [2.24, 2.45) is 0 Å².